The Bertz CT molecular complexity index is 2960. The summed E-state index contributed by atoms with van der Waals surface area (Å²) in [6.07, 6.45) is 1.93. The van der Waals surface area contributed by atoms with E-state index in [4.69, 9.17) is 9.10 Å². The average Bonchev–Trinajstić information content (AvgIpc) is 3.84. The maximum atomic E-state index is 8.22. The number of benzene rings is 7. The smallest absolute Gasteiger partial charge is 0.355 e. The van der Waals surface area contributed by atoms with Crippen molar-refractivity contribution in [1.82, 2.24) is 9.55 Å². The quantitative estimate of drug-likeness (QED) is 0.118. The zero-order chi connectivity index (χ0) is 40.3. The van der Waals surface area contributed by atoms with Gasteiger partial charge in [0.15, 0.2) is 0 Å². The molecule has 0 bridgehead atoms. The van der Waals surface area contributed by atoms with E-state index >= 15 is 0 Å². The summed E-state index contributed by atoms with van der Waals surface area (Å²) in [6.45, 7) is 2.64. The van der Waals surface area contributed by atoms with Crippen LogP contribution in [0.15, 0.2) is 176 Å². The molecule has 0 saturated carbocycles. The van der Waals surface area contributed by atoms with Gasteiger partial charge in [0, 0.05) is 22.8 Å². The van der Waals surface area contributed by atoms with Gasteiger partial charge in [0.2, 0.25) is 0 Å². The van der Waals surface area contributed by atoms with E-state index in [-0.39, 0.29) is 27.7 Å². The van der Waals surface area contributed by atoms with Gasteiger partial charge in [-0.05, 0) is 69.1 Å². The van der Waals surface area contributed by atoms with Gasteiger partial charge in [0.25, 0.3) is 0 Å². The molecule has 0 saturated heterocycles. The number of rotatable bonds is 7. The second-order valence-corrected chi connectivity index (χ2v) is 19.2. The standard InChI is InChI=1S/C51H40N4Si.Pt/c1-53-35-54(48-27-13-12-26-47(48)53)39-20-14-21-40(33-39)56(2,3)41-28-29-45-44-22-10-11-25-46(44)55(49(45)34-41)50-32-38(30-31-52-50)51-42(36-16-6-4-7-17-36)23-15-24-43(51)37-18-8-5-9-19-37;/h4-32H,35H2,1-3H3;/q-2;+2/i1D3;. The Balaban J connectivity index is 0.00000462. The molecule has 278 valence electrons. The van der Waals surface area contributed by atoms with Crippen LogP contribution in [0.3, 0.4) is 0 Å². The maximum absolute atomic E-state index is 8.22. The monoisotopic (exact) mass is 934 g/mol. The summed E-state index contributed by atoms with van der Waals surface area (Å²) < 4.78 is 26.9. The van der Waals surface area contributed by atoms with Crippen molar-refractivity contribution in [3.05, 3.63) is 188 Å². The van der Waals surface area contributed by atoms with E-state index in [1.165, 1.54) is 4.90 Å². The molecular formula is C51H40N4PtSi. The third kappa shape index (κ3) is 6.32. The molecular weight excluding hydrogens is 892 g/mol. The summed E-state index contributed by atoms with van der Waals surface area (Å²) in [6, 6.07) is 66.8. The van der Waals surface area contributed by atoms with E-state index in [1.807, 2.05) is 36.5 Å². The fourth-order valence-electron chi connectivity index (χ4n) is 8.32. The van der Waals surface area contributed by atoms with Gasteiger partial charge in [-0.3, -0.25) is 0 Å². The molecule has 0 fully saturated rings. The van der Waals surface area contributed by atoms with Gasteiger partial charge in [-0.25, -0.2) is 4.98 Å². The molecule has 6 heteroatoms. The van der Waals surface area contributed by atoms with E-state index in [0.29, 0.717) is 5.69 Å². The number of para-hydroxylation sites is 3. The summed E-state index contributed by atoms with van der Waals surface area (Å²) in [5.74, 6) is 0.823. The van der Waals surface area contributed by atoms with Crippen molar-refractivity contribution in [2.45, 2.75) is 13.1 Å². The van der Waals surface area contributed by atoms with E-state index in [2.05, 4.69) is 174 Å². The number of aromatic nitrogens is 2. The van der Waals surface area contributed by atoms with E-state index in [1.54, 1.807) is 0 Å². The minimum absolute atomic E-state index is 0. The SMILES string of the molecule is [2H]C([2H])([2H])N1CN(c2[c-]c([Si](C)(C)c3[c-]c4c(cc3)c3ccccc3n4-c3cc(-c4c(-c5ccccc5)cccc4-c4ccccc4)ccn3)ccc2)c2ccccc21.[Pt+2]. The molecule has 9 aromatic rings. The van der Waals surface area contributed by atoms with E-state index in [0.717, 1.165) is 82.8 Å². The molecule has 7 aromatic carbocycles. The Morgan fingerprint density at radius 3 is 1.98 bits per heavy atom. The number of pyridine rings is 1. The van der Waals surface area contributed by atoms with Crippen molar-refractivity contribution in [3.63, 3.8) is 0 Å². The molecule has 0 amide bonds. The fraction of sp³-hybridized carbons (Fsp3) is 0.0784. The first-order valence-electron chi connectivity index (χ1n) is 20.5. The number of hydrogen-bond donors (Lipinski definition) is 0. The largest absolute Gasteiger partial charge is 2.00 e. The first-order valence-corrected chi connectivity index (χ1v) is 22.0. The topological polar surface area (TPSA) is 24.3 Å². The molecule has 0 unspecified atom stereocenters. The maximum Gasteiger partial charge on any atom is 2.00 e. The van der Waals surface area contributed by atoms with Gasteiger partial charge >= 0.3 is 21.1 Å². The van der Waals surface area contributed by atoms with Gasteiger partial charge in [-0.15, -0.1) is 11.5 Å². The van der Waals surface area contributed by atoms with Crippen molar-refractivity contribution >= 4 is 57.3 Å². The molecule has 57 heavy (non-hydrogen) atoms. The van der Waals surface area contributed by atoms with Gasteiger partial charge in [0.05, 0.1) is 26.1 Å². The fourth-order valence-corrected chi connectivity index (χ4v) is 10.5. The summed E-state index contributed by atoms with van der Waals surface area (Å²) >= 11 is 0. The molecule has 0 aliphatic carbocycles. The second kappa shape index (κ2) is 14.8. The molecule has 0 radical (unpaired) electrons. The summed E-state index contributed by atoms with van der Waals surface area (Å²) in [5.41, 5.74) is 11.3. The van der Waals surface area contributed by atoms with Crippen LogP contribution in [0.1, 0.15) is 4.11 Å². The molecule has 0 atom stereocenters. The van der Waals surface area contributed by atoms with Gasteiger partial charge in [0.1, 0.15) is 5.82 Å². The zero-order valence-corrected chi connectivity index (χ0v) is 34.8. The molecule has 1 aliphatic heterocycles. The van der Waals surface area contributed by atoms with Crippen LogP contribution in [0, 0.1) is 12.1 Å². The molecule has 1 aliphatic rings. The van der Waals surface area contributed by atoms with Crippen molar-refractivity contribution in [1.29, 1.82) is 0 Å². The molecule has 2 aromatic heterocycles. The first-order chi connectivity index (χ1) is 28.7. The number of anilines is 3. The van der Waals surface area contributed by atoms with Crippen LogP contribution in [0.4, 0.5) is 17.1 Å². The van der Waals surface area contributed by atoms with Crippen LogP contribution in [0.2, 0.25) is 13.1 Å². The van der Waals surface area contributed by atoms with Crippen molar-refractivity contribution in [3.8, 4) is 39.2 Å². The Labute approximate surface area is 354 Å². The Kier molecular flexibility index (Phi) is 8.62. The van der Waals surface area contributed by atoms with Crippen LogP contribution < -0.4 is 20.2 Å². The molecule has 0 spiro atoms. The van der Waals surface area contributed by atoms with Crippen LogP contribution >= 0.6 is 0 Å². The minimum Gasteiger partial charge on any atom is -0.355 e. The van der Waals surface area contributed by atoms with E-state index < -0.39 is 15.0 Å². The number of nitrogens with zero attached hydrogens (tertiary/aromatic N) is 4. The predicted molar refractivity (Wildman–Crippen MR) is 238 cm³/mol. The molecule has 3 heterocycles. The normalized spacial score (nSPS) is 13.5. The molecule has 4 nitrogen and oxygen atoms in total. The Morgan fingerprint density at radius 2 is 1.25 bits per heavy atom. The van der Waals surface area contributed by atoms with Gasteiger partial charge in [-0.2, -0.15) is 46.8 Å². The third-order valence-corrected chi connectivity index (χ3v) is 14.5. The number of fused-ring (bicyclic) bond motifs is 4. The predicted octanol–water partition coefficient (Wildman–Crippen LogP) is 11.1. The Morgan fingerprint density at radius 1 is 0.596 bits per heavy atom. The Hall–Kier alpha value is -6.00. The van der Waals surface area contributed by atoms with Crippen molar-refractivity contribution < 1.29 is 25.2 Å². The van der Waals surface area contributed by atoms with Crippen molar-refractivity contribution in [2.24, 2.45) is 0 Å². The van der Waals surface area contributed by atoms with Gasteiger partial charge in [-0.1, -0.05) is 133 Å². The number of hydrogen-bond acceptors (Lipinski definition) is 3. The summed E-state index contributed by atoms with van der Waals surface area (Å²) in [7, 11) is -2.42. The van der Waals surface area contributed by atoms with Crippen LogP contribution in [0.25, 0.3) is 61.0 Å². The zero-order valence-electron chi connectivity index (χ0n) is 34.6. The van der Waals surface area contributed by atoms with E-state index in [9.17, 15) is 0 Å². The van der Waals surface area contributed by atoms with Gasteiger partial charge < -0.3 is 14.4 Å². The third-order valence-electron chi connectivity index (χ3n) is 11.2. The minimum atomic E-state index is -2.42. The first kappa shape index (κ1) is 33.2. The molecule has 0 N–H and O–H groups in total. The van der Waals surface area contributed by atoms with Crippen LogP contribution in [-0.4, -0.2) is 31.3 Å². The second-order valence-electron chi connectivity index (χ2n) is 14.9. The van der Waals surface area contributed by atoms with Crippen molar-refractivity contribution in [2.75, 3.05) is 23.4 Å². The molecule has 10 rings (SSSR count). The van der Waals surface area contributed by atoms with Crippen LogP contribution in [-0.2, 0) is 21.1 Å². The van der Waals surface area contributed by atoms with Crippen LogP contribution in [0.5, 0.6) is 0 Å². The average molecular weight is 935 g/mol. The summed E-state index contributed by atoms with van der Waals surface area (Å²) in [5, 5.41) is 4.52. The summed E-state index contributed by atoms with van der Waals surface area (Å²) in [4.78, 5) is 8.60.